The molecule has 2 heteroatoms. The molecule has 2 saturated carbocycles. The highest BCUT2D eigenvalue weighted by Crippen LogP contribution is 2.31. The number of nitrogens with zero attached hydrogens (tertiary/aromatic N) is 1. The van der Waals surface area contributed by atoms with Crippen molar-refractivity contribution in [3.63, 3.8) is 0 Å². The molecule has 0 unspecified atom stereocenters. The van der Waals surface area contributed by atoms with Gasteiger partial charge in [0.15, 0.2) is 0 Å². The quantitative estimate of drug-likeness (QED) is 0.539. The predicted octanol–water partition coefficient (Wildman–Crippen LogP) is 3.22. The third-order valence-corrected chi connectivity index (χ3v) is 4.25. The molecule has 0 N–H and O–H groups in total. The Kier molecular flexibility index (Phi) is 5.11. The lowest BCUT2D eigenvalue weighted by molar-refractivity contribution is -0.131. The van der Waals surface area contributed by atoms with E-state index in [-0.39, 0.29) is 0 Å². The van der Waals surface area contributed by atoms with Crippen molar-refractivity contribution in [3.8, 4) is 12.3 Å². The second-order valence-electron chi connectivity index (χ2n) is 5.98. The van der Waals surface area contributed by atoms with E-state index in [0.29, 0.717) is 18.4 Å². The third-order valence-electron chi connectivity index (χ3n) is 4.25. The maximum absolute atomic E-state index is 12.3. The number of carbonyl (C=O) groups excluding carboxylic acids is 1. The SMILES string of the molecule is C#CCN(CC1CC1)C(=O)CC1CCCCCC1. The number of carbonyl (C=O) groups is 1. The molecular formula is C16H25NO. The third kappa shape index (κ3) is 4.37. The highest BCUT2D eigenvalue weighted by molar-refractivity contribution is 5.76. The number of rotatable bonds is 5. The van der Waals surface area contributed by atoms with Crippen molar-refractivity contribution in [2.75, 3.05) is 13.1 Å². The van der Waals surface area contributed by atoms with Gasteiger partial charge in [0.2, 0.25) is 5.91 Å². The average molecular weight is 247 g/mol. The molecule has 0 saturated heterocycles. The predicted molar refractivity (Wildman–Crippen MR) is 73.9 cm³/mol. The van der Waals surface area contributed by atoms with Crippen LogP contribution in [0.25, 0.3) is 0 Å². The van der Waals surface area contributed by atoms with Crippen LogP contribution in [0.4, 0.5) is 0 Å². The van der Waals surface area contributed by atoms with Gasteiger partial charge in [-0.25, -0.2) is 0 Å². The van der Waals surface area contributed by atoms with Crippen molar-refractivity contribution in [2.45, 2.75) is 57.8 Å². The Morgan fingerprint density at radius 2 is 1.72 bits per heavy atom. The fourth-order valence-corrected chi connectivity index (χ4v) is 2.92. The molecule has 2 nitrogen and oxygen atoms in total. The number of terminal acetylenes is 1. The summed E-state index contributed by atoms with van der Waals surface area (Å²) in [6.45, 7) is 1.40. The van der Waals surface area contributed by atoms with Crippen LogP contribution in [0.5, 0.6) is 0 Å². The molecule has 2 aliphatic carbocycles. The van der Waals surface area contributed by atoms with Gasteiger partial charge in [0.25, 0.3) is 0 Å². The summed E-state index contributed by atoms with van der Waals surface area (Å²) >= 11 is 0. The molecule has 2 fully saturated rings. The molecule has 100 valence electrons. The van der Waals surface area contributed by atoms with Gasteiger partial charge in [-0.05, 0) is 37.5 Å². The van der Waals surface area contributed by atoms with Crippen LogP contribution in [0.15, 0.2) is 0 Å². The first kappa shape index (κ1) is 13.5. The second kappa shape index (κ2) is 6.83. The van der Waals surface area contributed by atoms with E-state index >= 15 is 0 Å². The lowest BCUT2D eigenvalue weighted by atomic mass is 9.96. The summed E-state index contributed by atoms with van der Waals surface area (Å²) in [4.78, 5) is 14.2. The molecule has 0 aromatic heterocycles. The molecule has 0 aromatic carbocycles. The number of hydrogen-bond donors (Lipinski definition) is 0. The minimum atomic E-state index is 0.298. The topological polar surface area (TPSA) is 20.3 Å². The van der Waals surface area contributed by atoms with E-state index in [0.717, 1.165) is 18.9 Å². The molecule has 0 spiro atoms. The normalized spacial score (nSPS) is 21.1. The summed E-state index contributed by atoms with van der Waals surface area (Å²) in [6.07, 6.45) is 16.4. The Hall–Kier alpha value is -0.970. The molecule has 0 aliphatic heterocycles. The zero-order chi connectivity index (χ0) is 12.8. The maximum Gasteiger partial charge on any atom is 0.223 e. The minimum absolute atomic E-state index is 0.298. The van der Waals surface area contributed by atoms with Crippen molar-refractivity contribution >= 4 is 5.91 Å². The van der Waals surface area contributed by atoms with Gasteiger partial charge in [-0.1, -0.05) is 31.6 Å². The van der Waals surface area contributed by atoms with Crippen LogP contribution >= 0.6 is 0 Å². The summed E-state index contributed by atoms with van der Waals surface area (Å²) in [5.41, 5.74) is 0. The fraction of sp³-hybridized carbons (Fsp3) is 0.812. The lowest BCUT2D eigenvalue weighted by Gasteiger charge is -2.23. The molecule has 0 heterocycles. The van der Waals surface area contributed by atoms with Gasteiger partial charge in [-0.2, -0.15) is 0 Å². The summed E-state index contributed by atoms with van der Waals surface area (Å²) in [7, 11) is 0. The molecule has 0 bridgehead atoms. The molecule has 2 rings (SSSR count). The van der Waals surface area contributed by atoms with E-state index in [1.807, 2.05) is 4.90 Å². The zero-order valence-corrected chi connectivity index (χ0v) is 11.4. The van der Waals surface area contributed by atoms with Gasteiger partial charge >= 0.3 is 0 Å². The Balaban J connectivity index is 1.80. The van der Waals surface area contributed by atoms with Crippen LogP contribution in [0.2, 0.25) is 0 Å². The summed E-state index contributed by atoms with van der Waals surface area (Å²) < 4.78 is 0. The van der Waals surface area contributed by atoms with Crippen LogP contribution in [0.1, 0.15) is 57.8 Å². The first-order valence-electron chi connectivity index (χ1n) is 7.51. The largest absolute Gasteiger partial charge is 0.331 e. The van der Waals surface area contributed by atoms with E-state index < -0.39 is 0 Å². The Bertz CT molecular complexity index is 306. The molecule has 0 atom stereocenters. The number of hydrogen-bond acceptors (Lipinski definition) is 1. The van der Waals surface area contributed by atoms with Crippen LogP contribution < -0.4 is 0 Å². The van der Waals surface area contributed by atoms with Crippen molar-refractivity contribution in [1.82, 2.24) is 4.90 Å². The summed E-state index contributed by atoms with van der Waals surface area (Å²) in [5, 5.41) is 0. The van der Waals surface area contributed by atoms with E-state index in [9.17, 15) is 4.79 Å². The minimum Gasteiger partial charge on any atom is -0.331 e. The Labute approximate surface area is 111 Å². The molecular weight excluding hydrogens is 222 g/mol. The van der Waals surface area contributed by atoms with Crippen LogP contribution in [0.3, 0.4) is 0 Å². The Morgan fingerprint density at radius 3 is 2.28 bits per heavy atom. The lowest BCUT2D eigenvalue weighted by Crippen LogP contribution is -2.34. The maximum atomic E-state index is 12.3. The van der Waals surface area contributed by atoms with E-state index in [4.69, 9.17) is 6.42 Å². The van der Waals surface area contributed by atoms with Crippen LogP contribution in [-0.4, -0.2) is 23.9 Å². The Morgan fingerprint density at radius 1 is 1.06 bits per heavy atom. The van der Waals surface area contributed by atoms with Crippen molar-refractivity contribution in [3.05, 3.63) is 0 Å². The molecule has 0 aromatic rings. The van der Waals surface area contributed by atoms with E-state index in [1.54, 1.807) is 0 Å². The average Bonchev–Trinajstić information content (AvgIpc) is 3.16. The molecule has 0 radical (unpaired) electrons. The second-order valence-corrected chi connectivity index (χ2v) is 5.98. The molecule has 1 amide bonds. The van der Waals surface area contributed by atoms with Crippen LogP contribution in [0, 0.1) is 24.2 Å². The molecule has 18 heavy (non-hydrogen) atoms. The highest BCUT2D eigenvalue weighted by Gasteiger charge is 2.27. The standard InChI is InChI=1S/C16H25NO/c1-2-11-17(13-15-9-10-15)16(18)12-14-7-5-3-4-6-8-14/h1,14-15H,3-13H2. The summed E-state index contributed by atoms with van der Waals surface area (Å²) in [5.74, 6) is 4.28. The van der Waals surface area contributed by atoms with Crippen molar-refractivity contribution < 1.29 is 4.79 Å². The van der Waals surface area contributed by atoms with Gasteiger partial charge in [0.1, 0.15) is 0 Å². The van der Waals surface area contributed by atoms with Gasteiger partial charge in [-0.15, -0.1) is 6.42 Å². The summed E-state index contributed by atoms with van der Waals surface area (Å²) in [6, 6.07) is 0. The van der Waals surface area contributed by atoms with E-state index in [1.165, 1.54) is 51.4 Å². The highest BCUT2D eigenvalue weighted by atomic mass is 16.2. The molecule has 2 aliphatic rings. The first-order chi connectivity index (χ1) is 8.79. The fourth-order valence-electron chi connectivity index (χ4n) is 2.92. The zero-order valence-electron chi connectivity index (χ0n) is 11.4. The number of amides is 1. The van der Waals surface area contributed by atoms with Gasteiger partial charge in [-0.3, -0.25) is 4.79 Å². The monoisotopic (exact) mass is 247 g/mol. The van der Waals surface area contributed by atoms with E-state index in [2.05, 4.69) is 5.92 Å². The smallest absolute Gasteiger partial charge is 0.223 e. The van der Waals surface area contributed by atoms with Gasteiger partial charge in [0, 0.05) is 13.0 Å². The van der Waals surface area contributed by atoms with Gasteiger partial charge in [0.05, 0.1) is 6.54 Å². The van der Waals surface area contributed by atoms with Gasteiger partial charge < -0.3 is 4.90 Å². The van der Waals surface area contributed by atoms with Crippen molar-refractivity contribution in [1.29, 1.82) is 0 Å². The van der Waals surface area contributed by atoms with Crippen LogP contribution in [-0.2, 0) is 4.79 Å². The van der Waals surface area contributed by atoms with Crippen molar-refractivity contribution in [2.24, 2.45) is 11.8 Å². The first-order valence-corrected chi connectivity index (χ1v) is 7.51.